The normalized spacial score (nSPS) is 18.5. The molecule has 2 rings (SSSR count). The van der Waals surface area contributed by atoms with Gasteiger partial charge in [-0.3, -0.25) is 4.68 Å². The van der Waals surface area contributed by atoms with Crippen molar-refractivity contribution in [1.29, 1.82) is 0 Å². The molecule has 0 bridgehead atoms. The van der Waals surface area contributed by atoms with E-state index in [0.29, 0.717) is 0 Å². The molecule has 1 aromatic rings. The lowest BCUT2D eigenvalue weighted by Crippen LogP contribution is -2.34. The second-order valence-electron chi connectivity index (χ2n) is 4.17. The Morgan fingerprint density at radius 2 is 2.36 bits per heavy atom. The minimum atomic E-state index is 0.0162. The summed E-state index contributed by atoms with van der Waals surface area (Å²) in [5, 5.41) is 16.7. The van der Waals surface area contributed by atoms with Gasteiger partial charge in [0.1, 0.15) is 0 Å². The van der Waals surface area contributed by atoms with E-state index in [0.717, 1.165) is 19.4 Å². The minimum Gasteiger partial charge on any atom is -0.394 e. The van der Waals surface area contributed by atoms with Crippen LogP contribution in [0.1, 0.15) is 24.1 Å². The molecule has 0 saturated heterocycles. The maximum Gasteiger partial charge on any atom is 0.0613 e. The lowest BCUT2D eigenvalue weighted by atomic mass is 10.2. The number of hydrogen-bond acceptors (Lipinski definition) is 3. The fourth-order valence-corrected chi connectivity index (χ4v) is 1.54. The summed E-state index contributed by atoms with van der Waals surface area (Å²) in [6.07, 6.45) is 4.06. The molecule has 0 spiro atoms. The van der Waals surface area contributed by atoms with E-state index in [1.54, 1.807) is 0 Å². The van der Waals surface area contributed by atoms with E-state index in [4.69, 9.17) is 5.11 Å². The van der Waals surface area contributed by atoms with Crippen LogP contribution in [0, 0.1) is 6.92 Å². The molecule has 1 aromatic heterocycles. The predicted octanol–water partition coefficient (Wildman–Crippen LogP) is 0.343. The Kier molecular flexibility index (Phi) is 2.33. The molecule has 0 atom stereocenters. The molecule has 2 N–H and O–H groups in total. The van der Waals surface area contributed by atoms with Crippen LogP contribution in [0.3, 0.4) is 0 Å². The zero-order valence-electron chi connectivity index (χ0n) is 8.75. The van der Waals surface area contributed by atoms with Crippen LogP contribution in [0.4, 0.5) is 0 Å². The Bertz CT molecular complexity index is 328. The van der Waals surface area contributed by atoms with Crippen molar-refractivity contribution in [1.82, 2.24) is 15.1 Å². The molecule has 4 heteroatoms. The molecule has 0 radical (unpaired) electrons. The maximum atomic E-state index is 9.13. The molecule has 0 unspecified atom stereocenters. The fraction of sp³-hybridized carbons (Fsp3) is 0.700. The first-order valence-electron chi connectivity index (χ1n) is 5.00. The summed E-state index contributed by atoms with van der Waals surface area (Å²) < 4.78 is 1.87. The molecule has 1 aliphatic carbocycles. The third kappa shape index (κ3) is 1.67. The van der Waals surface area contributed by atoms with Crippen molar-refractivity contribution < 1.29 is 5.11 Å². The second-order valence-corrected chi connectivity index (χ2v) is 4.17. The number of rotatable bonds is 4. The first kappa shape index (κ1) is 9.68. The van der Waals surface area contributed by atoms with E-state index in [1.807, 2.05) is 17.9 Å². The van der Waals surface area contributed by atoms with Crippen molar-refractivity contribution in [3.63, 3.8) is 0 Å². The topological polar surface area (TPSA) is 50.1 Å². The average molecular weight is 195 g/mol. The first-order chi connectivity index (χ1) is 6.67. The number of aryl methyl sites for hydroxylation is 1. The molecule has 0 aromatic carbocycles. The molecular weight excluding hydrogens is 178 g/mol. The van der Waals surface area contributed by atoms with E-state index < -0.39 is 0 Å². The maximum absolute atomic E-state index is 9.13. The number of nitrogens with zero attached hydrogens (tertiary/aromatic N) is 2. The summed E-state index contributed by atoms with van der Waals surface area (Å²) in [4.78, 5) is 0. The third-order valence-corrected chi connectivity index (χ3v) is 3.15. The Morgan fingerprint density at radius 1 is 1.64 bits per heavy atom. The van der Waals surface area contributed by atoms with Gasteiger partial charge in [0.15, 0.2) is 0 Å². The van der Waals surface area contributed by atoms with Gasteiger partial charge in [-0.25, -0.2) is 0 Å². The predicted molar refractivity (Wildman–Crippen MR) is 53.8 cm³/mol. The van der Waals surface area contributed by atoms with Crippen molar-refractivity contribution in [2.45, 2.75) is 31.8 Å². The number of aromatic nitrogens is 2. The monoisotopic (exact) mass is 195 g/mol. The van der Waals surface area contributed by atoms with Crippen LogP contribution in [0.15, 0.2) is 6.20 Å². The van der Waals surface area contributed by atoms with Gasteiger partial charge in [-0.2, -0.15) is 5.10 Å². The highest BCUT2D eigenvalue weighted by Gasteiger charge is 2.41. The Hall–Kier alpha value is -0.870. The van der Waals surface area contributed by atoms with E-state index in [1.165, 1.54) is 11.3 Å². The van der Waals surface area contributed by atoms with Crippen molar-refractivity contribution in [2.75, 3.05) is 6.61 Å². The van der Waals surface area contributed by atoms with Gasteiger partial charge < -0.3 is 10.4 Å². The van der Waals surface area contributed by atoms with Crippen LogP contribution in [-0.2, 0) is 13.6 Å². The standard InChI is InChI=1S/C10H17N3O/c1-8-9(6-12-13(8)2)5-11-10(7-14)3-4-10/h6,11,14H,3-5,7H2,1-2H3. The van der Waals surface area contributed by atoms with Crippen LogP contribution in [0.5, 0.6) is 0 Å². The highest BCUT2D eigenvalue weighted by Crippen LogP contribution is 2.34. The van der Waals surface area contributed by atoms with Gasteiger partial charge in [-0.05, 0) is 19.8 Å². The molecule has 14 heavy (non-hydrogen) atoms. The average Bonchev–Trinajstić information content (AvgIpc) is 2.91. The van der Waals surface area contributed by atoms with Crippen molar-refractivity contribution >= 4 is 0 Å². The van der Waals surface area contributed by atoms with E-state index >= 15 is 0 Å². The Balaban J connectivity index is 1.95. The van der Waals surface area contributed by atoms with Gasteiger partial charge in [0.05, 0.1) is 12.8 Å². The summed E-state index contributed by atoms with van der Waals surface area (Å²) in [7, 11) is 1.94. The molecule has 4 nitrogen and oxygen atoms in total. The molecule has 78 valence electrons. The van der Waals surface area contributed by atoms with Crippen LogP contribution in [0.2, 0.25) is 0 Å². The van der Waals surface area contributed by atoms with Gasteiger partial charge in [-0.15, -0.1) is 0 Å². The lowest BCUT2D eigenvalue weighted by molar-refractivity contribution is 0.229. The molecule has 0 amide bonds. The van der Waals surface area contributed by atoms with E-state index in [9.17, 15) is 0 Å². The zero-order valence-corrected chi connectivity index (χ0v) is 8.75. The van der Waals surface area contributed by atoms with Crippen LogP contribution in [-0.4, -0.2) is 27.0 Å². The largest absolute Gasteiger partial charge is 0.394 e. The molecule has 1 aliphatic rings. The van der Waals surface area contributed by atoms with Gasteiger partial charge >= 0.3 is 0 Å². The highest BCUT2D eigenvalue weighted by atomic mass is 16.3. The van der Waals surface area contributed by atoms with Crippen molar-refractivity contribution in [3.05, 3.63) is 17.5 Å². The number of aliphatic hydroxyl groups excluding tert-OH is 1. The van der Waals surface area contributed by atoms with Crippen LogP contribution in [0.25, 0.3) is 0 Å². The van der Waals surface area contributed by atoms with Crippen LogP contribution < -0.4 is 5.32 Å². The quantitative estimate of drug-likeness (QED) is 0.728. The molecule has 1 saturated carbocycles. The van der Waals surface area contributed by atoms with Gasteiger partial charge in [0.2, 0.25) is 0 Å². The fourth-order valence-electron chi connectivity index (χ4n) is 1.54. The second kappa shape index (κ2) is 3.37. The van der Waals surface area contributed by atoms with Crippen molar-refractivity contribution in [2.24, 2.45) is 7.05 Å². The summed E-state index contributed by atoms with van der Waals surface area (Å²) in [6.45, 7) is 3.11. The van der Waals surface area contributed by atoms with Gasteiger partial charge in [0, 0.05) is 30.4 Å². The Morgan fingerprint density at radius 3 is 2.79 bits per heavy atom. The van der Waals surface area contributed by atoms with Gasteiger partial charge in [-0.1, -0.05) is 0 Å². The first-order valence-corrected chi connectivity index (χ1v) is 5.00. The number of aliphatic hydroxyl groups is 1. The smallest absolute Gasteiger partial charge is 0.0613 e. The Labute approximate surface area is 83.9 Å². The van der Waals surface area contributed by atoms with Crippen molar-refractivity contribution in [3.8, 4) is 0 Å². The zero-order chi connectivity index (χ0) is 10.2. The number of nitrogens with one attached hydrogen (secondary N) is 1. The van der Waals surface area contributed by atoms with E-state index in [-0.39, 0.29) is 12.1 Å². The summed E-state index contributed by atoms with van der Waals surface area (Å²) in [5.41, 5.74) is 2.42. The lowest BCUT2D eigenvalue weighted by Gasteiger charge is -2.13. The molecule has 1 fully saturated rings. The van der Waals surface area contributed by atoms with E-state index in [2.05, 4.69) is 17.3 Å². The van der Waals surface area contributed by atoms with Crippen LogP contribution >= 0.6 is 0 Å². The molecule has 1 heterocycles. The molecule has 0 aliphatic heterocycles. The third-order valence-electron chi connectivity index (χ3n) is 3.15. The summed E-state index contributed by atoms with van der Waals surface area (Å²) >= 11 is 0. The summed E-state index contributed by atoms with van der Waals surface area (Å²) in [5.74, 6) is 0. The minimum absolute atomic E-state index is 0.0162. The SMILES string of the molecule is Cc1c(CNC2(CO)CC2)cnn1C. The van der Waals surface area contributed by atoms with Gasteiger partial charge in [0.25, 0.3) is 0 Å². The summed E-state index contributed by atoms with van der Waals surface area (Å²) in [6, 6.07) is 0. The number of hydrogen-bond donors (Lipinski definition) is 2. The highest BCUT2D eigenvalue weighted by molar-refractivity contribution is 5.16. The molecular formula is C10H17N3O.